The lowest BCUT2D eigenvalue weighted by Gasteiger charge is -2.30. The van der Waals surface area contributed by atoms with Gasteiger partial charge in [-0.25, -0.2) is 0 Å². The van der Waals surface area contributed by atoms with E-state index >= 15 is 0 Å². The first-order valence-corrected chi connectivity index (χ1v) is 8.30. The summed E-state index contributed by atoms with van der Waals surface area (Å²) in [5, 5.41) is 6.91. The van der Waals surface area contributed by atoms with Gasteiger partial charge < -0.3 is 10.6 Å². The van der Waals surface area contributed by atoms with Crippen molar-refractivity contribution in [1.82, 2.24) is 10.6 Å². The molecule has 3 aliphatic carbocycles. The van der Waals surface area contributed by atoms with Crippen LogP contribution < -0.4 is 10.6 Å². The van der Waals surface area contributed by atoms with Crippen LogP contribution in [0.3, 0.4) is 0 Å². The van der Waals surface area contributed by atoms with Gasteiger partial charge in [0.1, 0.15) is 0 Å². The number of amides is 1. The Labute approximate surface area is 116 Å². The standard InChI is InChI=1S/C16H28N2O/c1-2-7-17-14-3-5-15(6-4-14)18-16(19)13-9-11-8-12(11)10-13/h11-15,17H,2-10H2,1H3,(H,18,19). The molecule has 3 aliphatic rings. The van der Waals surface area contributed by atoms with Gasteiger partial charge in [0, 0.05) is 18.0 Å². The number of nitrogens with one attached hydrogen (secondary N) is 2. The van der Waals surface area contributed by atoms with E-state index in [1.165, 1.54) is 38.5 Å². The summed E-state index contributed by atoms with van der Waals surface area (Å²) in [7, 11) is 0. The fraction of sp³-hybridized carbons (Fsp3) is 0.938. The Balaban J connectivity index is 1.36. The molecule has 0 bridgehead atoms. The van der Waals surface area contributed by atoms with Gasteiger partial charge in [0.2, 0.25) is 5.91 Å². The van der Waals surface area contributed by atoms with Crippen LogP contribution in [-0.4, -0.2) is 24.5 Å². The van der Waals surface area contributed by atoms with Crippen LogP contribution in [-0.2, 0) is 4.79 Å². The summed E-state index contributed by atoms with van der Waals surface area (Å²) in [4.78, 5) is 12.2. The summed E-state index contributed by atoms with van der Waals surface area (Å²) in [5.74, 6) is 2.52. The minimum atomic E-state index is 0.347. The molecule has 2 atom stereocenters. The molecule has 0 aliphatic heterocycles. The Hall–Kier alpha value is -0.570. The molecule has 2 unspecified atom stereocenters. The SMILES string of the molecule is CCCNC1CCC(NC(=O)C2CC3CC3C2)CC1. The lowest BCUT2D eigenvalue weighted by molar-refractivity contribution is -0.126. The highest BCUT2D eigenvalue weighted by atomic mass is 16.1. The van der Waals surface area contributed by atoms with Crippen LogP contribution in [0.1, 0.15) is 58.3 Å². The predicted molar refractivity (Wildman–Crippen MR) is 76.8 cm³/mol. The molecule has 0 heterocycles. The van der Waals surface area contributed by atoms with E-state index in [0.29, 0.717) is 23.9 Å². The molecule has 0 saturated heterocycles. The van der Waals surface area contributed by atoms with Crippen LogP contribution in [0.25, 0.3) is 0 Å². The second-order valence-corrected chi connectivity index (χ2v) is 6.94. The van der Waals surface area contributed by atoms with Crippen molar-refractivity contribution < 1.29 is 4.79 Å². The molecule has 2 N–H and O–H groups in total. The Bertz CT molecular complexity index is 313. The second kappa shape index (κ2) is 5.82. The van der Waals surface area contributed by atoms with Crippen molar-refractivity contribution in [2.45, 2.75) is 70.4 Å². The molecule has 0 aromatic heterocycles. The summed E-state index contributed by atoms with van der Waals surface area (Å²) in [6.07, 6.45) is 9.72. The van der Waals surface area contributed by atoms with E-state index in [-0.39, 0.29) is 0 Å². The summed E-state index contributed by atoms with van der Waals surface area (Å²) < 4.78 is 0. The maximum Gasteiger partial charge on any atom is 0.223 e. The largest absolute Gasteiger partial charge is 0.353 e. The van der Waals surface area contributed by atoms with Gasteiger partial charge in [-0.1, -0.05) is 6.92 Å². The van der Waals surface area contributed by atoms with Crippen molar-refractivity contribution >= 4 is 5.91 Å². The van der Waals surface area contributed by atoms with E-state index < -0.39 is 0 Å². The maximum absolute atomic E-state index is 12.2. The highest BCUT2D eigenvalue weighted by molar-refractivity contribution is 5.79. The molecule has 0 radical (unpaired) electrons. The zero-order valence-electron chi connectivity index (χ0n) is 12.2. The number of carbonyl (C=O) groups is 1. The van der Waals surface area contributed by atoms with E-state index in [4.69, 9.17) is 0 Å². The molecular formula is C16H28N2O. The highest BCUT2D eigenvalue weighted by Crippen LogP contribution is 2.54. The predicted octanol–water partition coefficient (Wildman–Crippen LogP) is 2.46. The Morgan fingerprint density at radius 1 is 1.00 bits per heavy atom. The number of hydrogen-bond donors (Lipinski definition) is 2. The number of carbonyl (C=O) groups excluding carboxylic acids is 1. The van der Waals surface area contributed by atoms with Gasteiger partial charge in [-0.15, -0.1) is 0 Å². The molecule has 0 spiro atoms. The lowest BCUT2D eigenvalue weighted by atomic mass is 9.90. The first-order chi connectivity index (χ1) is 9.26. The molecule has 1 amide bonds. The Morgan fingerprint density at radius 2 is 1.63 bits per heavy atom. The molecule has 108 valence electrons. The van der Waals surface area contributed by atoms with E-state index in [2.05, 4.69) is 17.6 Å². The van der Waals surface area contributed by atoms with E-state index in [1.807, 2.05) is 0 Å². The second-order valence-electron chi connectivity index (χ2n) is 6.94. The highest BCUT2D eigenvalue weighted by Gasteiger charge is 2.48. The number of rotatable bonds is 5. The molecule has 3 fully saturated rings. The van der Waals surface area contributed by atoms with Crippen molar-refractivity contribution in [2.75, 3.05) is 6.54 Å². The lowest BCUT2D eigenvalue weighted by Crippen LogP contribution is -2.44. The van der Waals surface area contributed by atoms with Gasteiger partial charge in [0.15, 0.2) is 0 Å². The summed E-state index contributed by atoms with van der Waals surface area (Å²) in [6, 6.07) is 1.14. The van der Waals surface area contributed by atoms with Crippen LogP contribution in [0.15, 0.2) is 0 Å². The third-order valence-electron chi connectivity index (χ3n) is 5.37. The average Bonchev–Trinajstić information content (AvgIpc) is 3.04. The van der Waals surface area contributed by atoms with Crippen molar-refractivity contribution in [3.05, 3.63) is 0 Å². The van der Waals surface area contributed by atoms with Crippen molar-refractivity contribution in [2.24, 2.45) is 17.8 Å². The van der Waals surface area contributed by atoms with Crippen molar-refractivity contribution in [3.8, 4) is 0 Å². The van der Waals surface area contributed by atoms with Crippen molar-refractivity contribution in [3.63, 3.8) is 0 Å². The number of fused-ring (bicyclic) bond motifs is 1. The van der Waals surface area contributed by atoms with Crippen LogP contribution in [0.2, 0.25) is 0 Å². The van der Waals surface area contributed by atoms with Gasteiger partial charge in [0.05, 0.1) is 0 Å². The van der Waals surface area contributed by atoms with Crippen LogP contribution in [0.4, 0.5) is 0 Å². The van der Waals surface area contributed by atoms with E-state index in [0.717, 1.165) is 31.2 Å². The fourth-order valence-corrected chi connectivity index (χ4v) is 4.04. The van der Waals surface area contributed by atoms with Crippen LogP contribution in [0, 0.1) is 17.8 Å². The van der Waals surface area contributed by atoms with Gasteiger partial charge >= 0.3 is 0 Å². The van der Waals surface area contributed by atoms with Gasteiger partial charge in [-0.3, -0.25) is 4.79 Å². The molecule has 3 saturated carbocycles. The quantitative estimate of drug-likeness (QED) is 0.801. The summed E-state index contributed by atoms with van der Waals surface area (Å²) >= 11 is 0. The molecular weight excluding hydrogens is 236 g/mol. The Kier molecular flexibility index (Phi) is 4.11. The molecule has 3 heteroatoms. The molecule has 3 rings (SSSR count). The number of hydrogen-bond acceptors (Lipinski definition) is 2. The van der Waals surface area contributed by atoms with E-state index in [9.17, 15) is 4.79 Å². The minimum Gasteiger partial charge on any atom is -0.353 e. The Morgan fingerprint density at radius 3 is 2.26 bits per heavy atom. The van der Waals surface area contributed by atoms with Gasteiger partial charge in [0.25, 0.3) is 0 Å². The molecule has 0 aromatic carbocycles. The third kappa shape index (κ3) is 3.31. The summed E-state index contributed by atoms with van der Waals surface area (Å²) in [5.41, 5.74) is 0. The molecule has 19 heavy (non-hydrogen) atoms. The van der Waals surface area contributed by atoms with Gasteiger partial charge in [-0.2, -0.15) is 0 Å². The van der Waals surface area contributed by atoms with E-state index in [1.54, 1.807) is 0 Å². The zero-order valence-corrected chi connectivity index (χ0v) is 12.2. The monoisotopic (exact) mass is 264 g/mol. The maximum atomic E-state index is 12.2. The molecule has 3 nitrogen and oxygen atoms in total. The topological polar surface area (TPSA) is 41.1 Å². The minimum absolute atomic E-state index is 0.347. The third-order valence-corrected chi connectivity index (χ3v) is 5.37. The fourth-order valence-electron chi connectivity index (χ4n) is 4.04. The first-order valence-electron chi connectivity index (χ1n) is 8.30. The first kappa shape index (κ1) is 13.4. The van der Waals surface area contributed by atoms with Crippen LogP contribution in [0.5, 0.6) is 0 Å². The zero-order chi connectivity index (χ0) is 13.2. The average molecular weight is 264 g/mol. The van der Waals surface area contributed by atoms with Gasteiger partial charge in [-0.05, 0) is 69.7 Å². The van der Waals surface area contributed by atoms with Crippen LogP contribution >= 0.6 is 0 Å². The normalized spacial score (nSPS) is 40.8. The summed E-state index contributed by atoms with van der Waals surface area (Å²) in [6.45, 7) is 3.34. The smallest absolute Gasteiger partial charge is 0.223 e. The van der Waals surface area contributed by atoms with Crippen molar-refractivity contribution in [1.29, 1.82) is 0 Å². The molecule has 0 aromatic rings.